The van der Waals surface area contributed by atoms with Crippen molar-refractivity contribution < 1.29 is 4.39 Å². The molecular formula is C11H8BrFN4S. The van der Waals surface area contributed by atoms with Gasteiger partial charge in [0, 0.05) is 16.9 Å². The third-order valence-electron chi connectivity index (χ3n) is 2.11. The van der Waals surface area contributed by atoms with Gasteiger partial charge in [-0.2, -0.15) is 0 Å². The molecule has 0 saturated heterocycles. The van der Waals surface area contributed by atoms with Crippen molar-refractivity contribution in [2.75, 3.05) is 5.32 Å². The van der Waals surface area contributed by atoms with Gasteiger partial charge >= 0.3 is 0 Å². The summed E-state index contributed by atoms with van der Waals surface area (Å²) < 4.78 is 14.3. The van der Waals surface area contributed by atoms with Gasteiger partial charge in [0.05, 0.1) is 5.69 Å². The molecule has 0 bridgehead atoms. The molecule has 0 aliphatic carbocycles. The average Bonchev–Trinajstić information content (AvgIpc) is 2.34. The quantitative estimate of drug-likeness (QED) is 0.849. The number of nitrogens with zero attached hydrogens (tertiary/aromatic N) is 2. The highest BCUT2D eigenvalue weighted by molar-refractivity contribution is 9.10. The normalized spacial score (nSPS) is 10.1. The molecule has 0 fully saturated rings. The molecule has 0 amide bonds. The summed E-state index contributed by atoms with van der Waals surface area (Å²) in [4.78, 5) is 8.14. The molecule has 92 valence electrons. The third-order valence-corrected chi connectivity index (χ3v) is 2.80. The van der Waals surface area contributed by atoms with Gasteiger partial charge in [0.15, 0.2) is 5.82 Å². The fraction of sp³-hybridized carbons (Fsp3) is 0. The van der Waals surface area contributed by atoms with E-state index in [0.29, 0.717) is 11.5 Å². The lowest BCUT2D eigenvalue weighted by Crippen LogP contribution is -2.15. The molecule has 0 radical (unpaired) electrons. The molecule has 0 aliphatic heterocycles. The van der Waals surface area contributed by atoms with Crippen LogP contribution in [0.3, 0.4) is 0 Å². The van der Waals surface area contributed by atoms with E-state index < -0.39 is 5.82 Å². The van der Waals surface area contributed by atoms with Crippen LogP contribution in [0.1, 0.15) is 5.69 Å². The summed E-state index contributed by atoms with van der Waals surface area (Å²) in [6.07, 6.45) is 2.94. The second kappa shape index (κ2) is 5.36. The van der Waals surface area contributed by atoms with Gasteiger partial charge in [0.1, 0.15) is 16.5 Å². The lowest BCUT2D eigenvalue weighted by molar-refractivity contribution is 0.631. The monoisotopic (exact) mass is 326 g/mol. The Morgan fingerprint density at radius 1 is 1.33 bits per heavy atom. The fourth-order valence-electron chi connectivity index (χ4n) is 1.33. The van der Waals surface area contributed by atoms with Crippen molar-refractivity contribution in [2.24, 2.45) is 5.73 Å². The van der Waals surface area contributed by atoms with Crippen molar-refractivity contribution in [3.63, 3.8) is 0 Å². The number of nitrogens with two attached hydrogens (primary N) is 1. The molecule has 1 aromatic heterocycles. The second-order valence-corrected chi connectivity index (χ2v) is 4.72. The Balaban J connectivity index is 2.40. The highest BCUT2D eigenvalue weighted by atomic mass is 79.9. The Morgan fingerprint density at radius 3 is 2.78 bits per heavy atom. The number of nitrogens with one attached hydrogen (secondary N) is 1. The van der Waals surface area contributed by atoms with Crippen LogP contribution in [0.4, 0.5) is 15.9 Å². The maximum atomic E-state index is 13.6. The Hall–Kier alpha value is -1.60. The predicted molar refractivity (Wildman–Crippen MR) is 75.3 cm³/mol. The number of anilines is 2. The van der Waals surface area contributed by atoms with Crippen LogP contribution in [0.15, 0.2) is 35.1 Å². The number of hydrogen-bond acceptors (Lipinski definition) is 4. The zero-order chi connectivity index (χ0) is 13.1. The molecule has 0 spiro atoms. The van der Waals surface area contributed by atoms with Crippen LogP contribution in [0.2, 0.25) is 0 Å². The van der Waals surface area contributed by atoms with E-state index in [1.165, 1.54) is 18.5 Å². The molecule has 2 aromatic rings. The molecule has 4 nitrogen and oxygen atoms in total. The van der Waals surface area contributed by atoms with Crippen molar-refractivity contribution >= 4 is 44.6 Å². The van der Waals surface area contributed by atoms with Crippen molar-refractivity contribution in [3.8, 4) is 0 Å². The highest BCUT2D eigenvalue weighted by Gasteiger charge is 2.10. The Morgan fingerprint density at radius 2 is 2.06 bits per heavy atom. The lowest BCUT2D eigenvalue weighted by Gasteiger charge is -2.09. The first-order chi connectivity index (χ1) is 8.58. The molecule has 18 heavy (non-hydrogen) atoms. The molecule has 1 heterocycles. The van der Waals surface area contributed by atoms with Crippen LogP contribution in [-0.2, 0) is 0 Å². The summed E-state index contributed by atoms with van der Waals surface area (Å²) in [6.45, 7) is 0. The van der Waals surface area contributed by atoms with Crippen LogP contribution in [0.5, 0.6) is 0 Å². The number of halogens is 2. The minimum atomic E-state index is -0.405. The molecule has 7 heteroatoms. The molecular weight excluding hydrogens is 319 g/mol. The predicted octanol–water partition coefficient (Wildman–Crippen LogP) is 2.76. The second-order valence-electron chi connectivity index (χ2n) is 3.37. The number of rotatable bonds is 3. The third kappa shape index (κ3) is 2.80. The molecule has 3 N–H and O–H groups in total. The Bertz CT molecular complexity index is 605. The summed E-state index contributed by atoms with van der Waals surface area (Å²) >= 11 is 8.12. The van der Waals surface area contributed by atoms with Gasteiger partial charge in [-0.05, 0) is 18.2 Å². The van der Waals surface area contributed by atoms with Gasteiger partial charge in [0.25, 0.3) is 0 Å². The smallest absolute Gasteiger partial charge is 0.159 e. The maximum Gasteiger partial charge on any atom is 0.159 e. The topological polar surface area (TPSA) is 63.8 Å². The van der Waals surface area contributed by atoms with E-state index in [2.05, 4.69) is 31.2 Å². The summed E-state index contributed by atoms with van der Waals surface area (Å²) in [7, 11) is 0. The first kappa shape index (κ1) is 12.8. The molecule has 0 saturated carbocycles. The fourth-order valence-corrected chi connectivity index (χ4v) is 1.84. The van der Waals surface area contributed by atoms with Gasteiger partial charge in [0.2, 0.25) is 0 Å². The van der Waals surface area contributed by atoms with Crippen LogP contribution >= 0.6 is 28.1 Å². The molecule has 0 aliphatic rings. The molecule has 0 atom stereocenters. The highest BCUT2D eigenvalue weighted by Crippen LogP contribution is 2.23. The van der Waals surface area contributed by atoms with Gasteiger partial charge < -0.3 is 11.1 Å². The lowest BCUT2D eigenvalue weighted by atomic mass is 10.3. The number of thiocarbonyl (C=S) groups is 1. The Kier molecular flexibility index (Phi) is 3.83. The van der Waals surface area contributed by atoms with E-state index in [-0.39, 0.29) is 10.7 Å². The minimum Gasteiger partial charge on any atom is -0.388 e. The number of hydrogen-bond donors (Lipinski definition) is 2. The van der Waals surface area contributed by atoms with Gasteiger partial charge in [-0.15, -0.1) is 0 Å². The first-order valence-corrected chi connectivity index (χ1v) is 6.11. The van der Waals surface area contributed by atoms with Crippen molar-refractivity contribution in [2.45, 2.75) is 0 Å². The standard InChI is InChI=1S/C11H8BrFN4S/c12-6-1-2-7(13)8(5-6)17-11-9(10(14)18)15-3-4-16-11/h1-5H,(H2,14,18)(H,16,17). The Labute approximate surface area is 117 Å². The molecule has 1 aromatic carbocycles. The summed E-state index contributed by atoms with van der Waals surface area (Å²) in [5.41, 5.74) is 6.11. The summed E-state index contributed by atoms with van der Waals surface area (Å²) in [5, 5.41) is 2.82. The largest absolute Gasteiger partial charge is 0.388 e. The molecule has 2 rings (SSSR count). The summed E-state index contributed by atoms with van der Waals surface area (Å²) in [5.74, 6) is -0.0836. The minimum absolute atomic E-state index is 0.0982. The summed E-state index contributed by atoms with van der Waals surface area (Å²) in [6, 6.07) is 4.53. The van der Waals surface area contributed by atoms with E-state index in [0.717, 1.165) is 4.47 Å². The van der Waals surface area contributed by atoms with E-state index in [1.807, 2.05) is 0 Å². The van der Waals surface area contributed by atoms with Crippen LogP contribution in [0.25, 0.3) is 0 Å². The van der Waals surface area contributed by atoms with Crippen LogP contribution in [0, 0.1) is 5.82 Å². The van der Waals surface area contributed by atoms with Crippen molar-refractivity contribution in [1.82, 2.24) is 9.97 Å². The average molecular weight is 327 g/mol. The van der Waals surface area contributed by atoms with E-state index >= 15 is 0 Å². The number of aromatic nitrogens is 2. The van der Waals surface area contributed by atoms with E-state index in [9.17, 15) is 4.39 Å². The number of benzene rings is 1. The van der Waals surface area contributed by atoms with Gasteiger partial charge in [-0.3, -0.25) is 0 Å². The van der Waals surface area contributed by atoms with Gasteiger partial charge in [-0.1, -0.05) is 28.1 Å². The van der Waals surface area contributed by atoms with Crippen LogP contribution in [-0.4, -0.2) is 15.0 Å². The van der Waals surface area contributed by atoms with Crippen molar-refractivity contribution in [3.05, 3.63) is 46.6 Å². The zero-order valence-electron chi connectivity index (χ0n) is 9.02. The first-order valence-electron chi connectivity index (χ1n) is 4.91. The van der Waals surface area contributed by atoms with E-state index in [1.54, 1.807) is 12.1 Å². The van der Waals surface area contributed by atoms with Crippen LogP contribution < -0.4 is 11.1 Å². The zero-order valence-corrected chi connectivity index (χ0v) is 11.4. The SMILES string of the molecule is NC(=S)c1nccnc1Nc1cc(Br)ccc1F. The maximum absolute atomic E-state index is 13.6. The molecule has 0 unspecified atom stereocenters. The van der Waals surface area contributed by atoms with Gasteiger partial charge in [-0.25, -0.2) is 14.4 Å². The van der Waals surface area contributed by atoms with Crippen molar-refractivity contribution in [1.29, 1.82) is 0 Å². The van der Waals surface area contributed by atoms with E-state index in [4.69, 9.17) is 18.0 Å².